The molecule has 92 valence electrons. The van der Waals surface area contributed by atoms with Gasteiger partial charge in [-0.25, -0.2) is 8.42 Å². The van der Waals surface area contributed by atoms with E-state index in [0.29, 0.717) is 10.8 Å². The molecule has 0 spiro atoms. The van der Waals surface area contributed by atoms with Crippen molar-refractivity contribution in [3.63, 3.8) is 0 Å². The second-order valence-electron chi connectivity index (χ2n) is 4.13. The number of nitrogens with zero attached hydrogens (tertiary/aromatic N) is 1. The minimum absolute atomic E-state index is 0.356. The number of nitriles is 1. The SMILES string of the molecule is CC(CSC#N)Cc1cccc(S(C)(=O)=O)c1. The Labute approximate surface area is 107 Å². The van der Waals surface area contributed by atoms with Gasteiger partial charge in [-0.1, -0.05) is 19.1 Å². The lowest BCUT2D eigenvalue weighted by molar-refractivity contribution is 0.601. The number of sulfone groups is 1. The molecule has 0 bridgehead atoms. The predicted molar refractivity (Wildman–Crippen MR) is 70.5 cm³/mol. The Balaban J connectivity index is 2.77. The molecule has 0 heterocycles. The van der Waals surface area contributed by atoms with Crippen LogP contribution in [0.25, 0.3) is 0 Å². The third-order valence-corrected chi connectivity index (χ3v) is 4.32. The van der Waals surface area contributed by atoms with Crippen molar-refractivity contribution in [2.24, 2.45) is 5.92 Å². The van der Waals surface area contributed by atoms with Crippen molar-refractivity contribution in [1.82, 2.24) is 0 Å². The third kappa shape index (κ3) is 4.80. The Morgan fingerprint density at radius 2 is 2.18 bits per heavy atom. The molecular weight excluding hydrogens is 254 g/mol. The summed E-state index contributed by atoms with van der Waals surface area (Å²) in [7, 11) is -3.14. The van der Waals surface area contributed by atoms with Crippen LogP contribution in [0.4, 0.5) is 0 Å². The van der Waals surface area contributed by atoms with E-state index in [1.165, 1.54) is 18.0 Å². The van der Waals surface area contributed by atoms with Gasteiger partial charge in [-0.2, -0.15) is 5.26 Å². The van der Waals surface area contributed by atoms with E-state index in [9.17, 15) is 8.42 Å². The molecule has 17 heavy (non-hydrogen) atoms. The van der Waals surface area contributed by atoms with Gasteiger partial charge in [0.05, 0.1) is 4.90 Å². The first-order valence-corrected chi connectivity index (χ1v) is 8.11. The van der Waals surface area contributed by atoms with Gasteiger partial charge in [0.25, 0.3) is 0 Å². The highest BCUT2D eigenvalue weighted by atomic mass is 32.2. The summed E-state index contributed by atoms with van der Waals surface area (Å²) in [6.07, 6.45) is 2.00. The lowest BCUT2D eigenvalue weighted by Gasteiger charge is -2.09. The van der Waals surface area contributed by atoms with Crippen molar-refractivity contribution in [2.45, 2.75) is 18.2 Å². The monoisotopic (exact) mass is 269 g/mol. The zero-order chi connectivity index (χ0) is 12.9. The summed E-state index contributed by atoms with van der Waals surface area (Å²) in [5.41, 5.74) is 0.999. The summed E-state index contributed by atoms with van der Waals surface area (Å²) in [6, 6.07) is 6.99. The average molecular weight is 269 g/mol. The highest BCUT2D eigenvalue weighted by Gasteiger charge is 2.09. The van der Waals surface area contributed by atoms with Crippen LogP contribution in [0.1, 0.15) is 12.5 Å². The molecule has 0 fully saturated rings. The summed E-state index contributed by atoms with van der Waals surface area (Å²) in [5, 5.41) is 10.5. The molecule has 0 aliphatic heterocycles. The van der Waals surface area contributed by atoms with Crippen LogP contribution in [0.2, 0.25) is 0 Å². The number of thioether (sulfide) groups is 1. The highest BCUT2D eigenvalue weighted by Crippen LogP contribution is 2.17. The van der Waals surface area contributed by atoms with Crippen molar-refractivity contribution in [3.05, 3.63) is 29.8 Å². The summed E-state index contributed by atoms with van der Waals surface area (Å²) in [6.45, 7) is 2.05. The molecule has 0 saturated carbocycles. The summed E-state index contributed by atoms with van der Waals surface area (Å²) in [4.78, 5) is 0.357. The van der Waals surface area contributed by atoms with Gasteiger partial charge in [-0.15, -0.1) is 0 Å². The Kier molecular flexibility index (Phi) is 5.03. The van der Waals surface area contributed by atoms with Gasteiger partial charge in [-0.05, 0) is 41.8 Å². The second kappa shape index (κ2) is 6.08. The maximum Gasteiger partial charge on any atom is 0.175 e. The number of thiocyanates is 1. The quantitative estimate of drug-likeness (QED) is 0.771. The van der Waals surface area contributed by atoms with E-state index in [1.54, 1.807) is 18.2 Å². The zero-order valence-electron chi connectivity index (χ0n) is 9.88. The number of benzene rings is 1. The van der Waals surface area contributed by atoms with Gasteiger partial charge in [0.2, 0.25) is 0 Å². The van der Waals surface area contributed by atoms with Gasteiger partial charge in [0.15, 0.2) is 9.84 Å². The molecular formula is C12H15NO2S2. The fraction of sp³-hybridized carbons (Fsp3) is 0.417. The molecule has 1 atom stereocenters. The summed E-state index contributed by atoms with van der Waals surface area (Å²) >= 11 is 1.23. The lowest BCUT2D eigenvalue weighted by Crippen LogP contribution is -2.04. The largest absolute Gasteiger partial charge is 0.224 e. The topological polar surface area (TPSA) is 57.9 Å². The van der Waals surface area contributed by atoms with Gasteiger partial charge in [0.1, 0.15) is 5.40 Å². The smallest absolute Gasteiger partial charge is 0.175 e. The Morgan fingerprint density at radius 1 is 1.47 bits per heavy atom. The molecule has 0 aromatic heterocycles. The maximum absolute atomic E-state index is 11.4. The first-order valence-electron chi connectivity index (χ1n) is 5.23. The first-order chi connectivity index (χ1) is 7.93. The van der Waals surface area contributed by atoms with E-state index in [4.69, 9.17) is 5.26 Å². The Hall–Kier alpha value is -0.990. The van der Waals surface area contributed by atoms with Crippen LogP contribution in [0.3, 0.4) is 0 Å². The van der Waals surface area contributed by atoms with Crippen molar-refractivity contribution >= 4 is 21.6 Å². The molecule has 1 aromatic rings. The first kappa shape index (κ1) is 14.1. The van der Waals surface area contributed by atoms with Crippen LogP contribution < -0.4 is 0 Å². The number of hydrogen-bond acceptors (Lipinski definition) is 4. The van der Waals surface area contributed by atoms with Crippen LogP contribution in [-0.4, -0.2) is 20.4 Å². The van der Waals surface area contributed by atoms with E-state index >= 15 is 0 Å². The van der Waals surface area contributed by atoms with Crippen LogP contribution in [-0.2, 0) is 16.3 Å². The Bertz CT molecular complexity index is 518. The van der Waals surface area contributed by atoms with Gasteiger partial charge >= 0.3 is 0 Å². The molecule has 0 aliphatic carbocycles. The van der Waals surface area contributed by atoms with E-state index in [-0.39, 0.29) is 0 Å². The molecule has 1 aromatic carbocycles. The average Bonchev–Trinajstić information content (AvgIpc) is 2.25. The standard InChI is InChI=1S/C12H15NO2S2/c1-10(8-16-9-13)6-11-4-3-5-12(7-11)17(2,14)15/h3-5,7,10H,6,8H2,1-2H3. The lowest BCUT2D eigenvalue weighted by atomic mass is 10.0. The second-order valence-corrected chi connectivity index (χ2v) is 6.95. The van der Waals surface area contributed by atoms with Crippen LogP contribution in [0.15, 0.2) is 29.2 Å². The summed E-state index contributed by atoms with van der Waals surface area (Å²) in [5.74, 6) is 1.12. The molecule has 1 unspecified atom stereocenters. The van der Waals surface area contributed by atoms with Crippen molar-refractivity contribution in [3.8, 4) is 5.40 Å². The summed E-state index contributed by atoms with van der Waals surface area (Å²) < 4.78 is 22.8. The normalized spacial score (nSPS) is 13.0. The predicted octanol–water partition coefficient (Wildman–Crippen LogP) is 2.48. The molecule has 0 N–H and O–H groups in total. The van der Waals surface area contributed by atoms with Crippen LogP contribution in [0.5, 0.6) is 0 Å². The van der Waals surface area contributed by atoms with Gasteiger partial charge in [0, 0.05) is 12.0 Å². The van der Waals surface area contributed by atoms with Crippen molar-refractivity contribution in [2.75, 3.05) is 12.0 Å². The molecule has 0 aliphatic rings. The number of hydrogen-bond donors (Lipinski definition) is 0. The zero-order valence-corrected chi connectivity index (χ0v) is 11.5. The molecule has 0 saturated heterocycles. The van der Waals surface area contributed by atoms with E-state index in [0.717, 1.165) is 17.7 Å². The van der Waals surface area contributed by atoms with Crippen LogP contribution >= 0.6 is 11.8 Å². The number of rotatable bonds is 5. The van der Waals surface area contributed by atoms with E-state index < -0.39 is 9.84 Å². The maximum atomic E-state index is 11.4. The van der Waals surface area contributed by atoms with Crippen LogP contribution in [0, 0.1) is 16.6 Å². The fourth-order valence-electron chi connectivity index (χ4n) is 1.54. The minimum Gasteiger partial charge on any atom is -0.224 e. The molecule has 1 rings (SSSR count). The van der Waals surface area contributed by atoms with Crippen molar-refractivity contribution < 1.29 is 8.42 Å². The Morgan fingerprint density at radius 3 is 2.76 bits per heavy atom. The minimum atomic E-state index is -3.14. The van der Waals surface area contributed by atoms with Gasteiger partial charge in [-0.3, -0.25) is 0 Å². The fourth-order valence-corrected chi connectivity index (χ4v) is 2.71. The highest BCUT2D eigenvalue weighted by molar-refractivity contribution is 8.03. The molecule has 0 amide bonds. The molecule has 5 heteroatoms. The molecule has 3 nitrogen and oxygen atoms in total. The van der Waals surface area contributed by atoms with Gasteiger partial charge < -0.3 is 0 Å². The van der Waals surface area contributed by atoms with E-state index in [2.05, 4.69) is 6.92 Å². The van der Waals surface area contributed by atoms with E-state index in [1.807, 2.05) is 11.5 Å². The van der Waals surface area contributed by atoms with Crippen molar-refractivity contribution in [1.29, 1.82) is 5.26 Å². The molecule has 0 radical (unpaired) electrons. The third-order valence-electron chi connectivity index (χ3n) is 2.34.